The number of aryl methyl sites for hydroxylation is 2. The highest BCUT2D eigenvalue weighted by Gasteiger charge is 2.35. The molecule has 2 aliphatic rings. The molecule has 3 N–H and O–H groups in total. The van der Waals surface area contributed by atoms with Gasteiger partial charge in [-0.3, -0.25) is 9.59 Å². The lowest BCUT2D eigenvalue weighted by Gasteiger charge is -2.38. The van der Waals surface area contributed by atoms with Crippen molar-refractivity contribution in [1.29, 1.82) is 0 Å². The Labute approximate surface area is 318 Å². The van der Waals surface area contributed by atoms with Crippen molar-refractivity contribution in [2.24, 2.45) is 5.73 Å². The summed E-state index contributed by atoms with van der Waals surface area (Å²) in [5.41, 5.74) is 14.0. The third kappa shape index (κ3) is 10.7. The molecule has 0 bridgehead atoms. The molecule has 4 aromatic carbocycles. The van der Waals surface area contributed by atoms with Gasteiger partial charge in [-0.1, -0.05) is 71.7 Å². The highest BCUT2D eigenvalue weighted by molar-refractivity contribution is 6.67. The van der Waals surface area contributed by atoms with Gasteiger partial charge in [0, 0.05) is 71.5 Å². The van der Waals surface area contributed by atoms with Crippen LogP contribution in [0, 0.1) is 27.7 Å². The highest BCUT2D eigenvalue weighted by Crippen LogP contribution is 2.36. The Balaban J connectivity index is 0.000000190. The smallest absolute Gasteiger partial charge is 0.252 e. The Bertz CT molecular complexity index is 1750. The van der Waals surface area contributed by atoms with E-state index in [2.05, 4.69) is 29.6 Å². The fraction of sp³-hybridized carbons (Fsp3) is 0.381. The molecule has 9 heteroatoms. The summed E-state index contributed by atoms with van der Waals surface area (Å²) in [7, 11) is 0. The van der Waals surface area contributed by atoms with Crippen LogP contribution in [-0.4, -0.2) is 50.7 Å². The van der Waals surface area contributed by atoms with E-state index in [0.717, 1.165) is 76.8 Å². The van der Waals surface area contributed by atoms with E-state index in [9.17, 15) is 9.59 Å². The molecule has 0 saturated carbocycles. The molecule has 2 fully saturated rings. The van der Waals surface area contributed by atoms with Crippen LogP contribution in [0.3, 0.4) is 0 Å². The quantitative estimate of drug-likeness (QED) is 0.184. The van der Waals surface area contributed by atoms with E-state index in [1.54, 1.807) is 6.07 Å². The minimum atomic E-state index is -0.383. The zero-order valence-corrected chi connectivity index (χ0v) is 32.3. The summed E-state index contributed by atoms with van der Waals surface area (Å²) >= 11 is 17.3. The largest absolute Gasteiger partial charge is 0.381 e. The number of carbonyl (C=O) groups excluding carboxylic acids is 2. The van der Waals surface area contributed by atoms with Gasteiger partial charge in [-0.25, -0.2) is 0 Å². The molecule has 4 aromatic rings. The van der Waals surface area contributed by atoms with Gasteiger partial charge in [-0.15, -0.1) is 0 Å². The number of nitrogens with one attached hydrogen (secondary N) is 1. The molecule has 2 saturated heterocycles. The third-order valence-electron chi connectivity index (χ3n) is 10.5. The van der Waals surface area contributed by atoms with Crippen LogP contribution >= 0.6 is 34.8 Å². The monoisotopic (exact) mass is 750 g/mol. The Morgan fingerprint density at radius 3 is 1.49 bits per heavy atom. The Kier molecular flexibility index (Phi) is 15.1. The van der Waals surface area contributed by atoms with E-state index in [1.807, 2.05) is 82.3 Å². The lowest BCUT2D eigenvalue weighted by Crippen LogP contribution is -2.44. The lowest BCUT2D eigenvalue weighted by atomic mass is 9.74. The molecule has 0 atom stereocenters. The van der Waals surface area contributed by atoms with Crippen LogP contribution in [0.2, 0.25) is 10.0 Å². The van der Waals surface area contributed by atoms with Crippen molar-refractivity contribution in [3.63, 3.8) is 0 Å². The maximum Gasteiger partial charge on any atom is 0.252 e. The summed E-state index contributed by atoms with van der Waals surface area (Å²) in [6.45, 7) is 12.2. The maximum atomic E-state index is 12.7. The Morgan fingerprint density at radius 2 is 1.06 bits per heavy atom. The number of benzene rings is 4. The summed E-state index contributed by atoms with van der Waals surface area (Å²) in [6.07, 6.45) is 3.79. The molecule has 1 amide bonds. The predicted molar refractivity (Wildman–Crippen MR) is 210 cm³/mol. The van der Waals surface area contributed by atoms with Crippen LogP contribution in [0.4, 0.5) is 0 Å². The number of halogens is 3. The first-order chi connectivity index (χ1) is 24.4. The number of carbonyl (C=O) groups is 2. The van der Waals surface area contributed by atoms with Gasteiger partial charge in [-0.05, 0) is 135 Å². The zero-order chi connectivity index (χ0) is 37.0. The van der Waals surface area contributed by atoms with Gasteiger partial charge < -0.3 is 20.5 Å². The van der Waals surface area contributed by atoms with E-state index in [-0.39, 0.29) is 22.0 Å². The van der Waals surface area contributed by atoms with Crippen molar-refractivity contribution < 1.29 is 19.1 Å². The molecule has 0 radical (unpaired) electrons. The fourth-order valence-corrected chi connectivity index (χ4v) is 7.07. The van der Waals surface area contributed by atoms with Crippen LogP contribution in [0.25, 0.3) is 0 Å². The van der Waals surface area contributed by atoms with Crippen molar-refractivity contribution in [3.8, 4) is 0 Å². The zero-order valence-electron chi connectivity index (χ0n) is 30.0. The van der Waals surface area contributed by atoms with Crippen LogP contribution in [-0.2, 0) is 20.3 Å². The van der Waals surface area contributed by atoms with E-state index >= 15 is 0 Å². The molecular formula is C42H49Cl3N2O4. The third-order valence-corrected chi connectivity index (χ3v) is 11.2. The van der Waals surface area contributed by atoms with E-state index in [0.29, 0.717) is 31.9 Å². The topological polar surface area (TPSA) is 90.7 Å². The van der Waals surface area contributed by atoms with Crippen LogP contribution < -0.4 is 11.1 Å². The molecule has 0 unspecified atom stereocenters. The van der Waals surface area contributed by atoms with Gasteiger partial charge in [0.2, 0.25) is 0 Å². The van der Waals surface area contributed by atoms with E-state index in [1.165, 1.54) is 11.1 Å². The van der Waals surface area contributed by atoms with E-state index in [4.69, 9.17) is 50.0 Å². The number of rotatable bonds is 7. The van der Waals surface area contributed by atoms with Crippen LogP contribution in [0.15, 0.2) is 84.9 Å². The normalized spacial score (nSPS) is 16.1. The molecular weight excluding hydrogens is 703 g/mol. The van der Waals surface area contributed by atoms with Crippen LogP contribution in [0.1, 0.15) is 79.8 Å². The van der Waals surface area contributed by atoms with Gasteiger partial charge in [0.05, 0.1) is 0 Å². The number of hydrogen-bond donors (Lipinski definition) is 2. The summed E-state index contributed by atoms with van der Waals surface area (Å²) < 4.78 is 10.9. The second kappa shape index (κ2) is 19.0. The van der Waals surface area contributed by atoms with Crippen LogP contribution in [0.5, 0.6) is 0 Å². The molecule has 2 heterocycles. The first-order valence-electron chi connectivity index (χ1n) is 17.4. The number of amides is 1. The average Bonchev–Trinajstić information content (AvgIpc) is 3.14. The molecule has 51 heavy (non-hydrogen) atoms. The fourth-order valence-electron chi connectivity index (χ4n) is 6.62. The minimum absolute atomic E-state index is 0.0129. The second-order valence-electron chi connectivity index (χ2n) is 13.5. The predicted octanol–water partition coefficient (Wildman–Crippen LogP) is 9.46. The summed E-state index contributed by atoms with van der Waals surface area (Å²) in [5, 5.41) is 4.28. The first-order valence-corrected chi connectivity index (χ1v) is 18.5. The Hall–Kier alpha value is -3.23. The summed E-state index contributed by atoms with van der Waals surface area (Å²) in [6, 6.07) is 27.4. The number of nitrogens with two attached hydrogens (primary N) is 1. The molecule has 0 spiro atoms. The Morgan fingerprint density at radius 1 is 0.647 bits per heavy atom. The average molecular weight is 752 g/mol. The van der Waals surface area contributed by atoms with Gasteiger partial charge in [0.25, 0.3) is 11.1 Å². The summed E-state index contributed by atoms with van der Waals surface area (Å²) in [4.78, 5) is 23.5. The molecule has 6 rings (SSSR count). The molecule has 6 nitrogen and oxygen atoms in total. The van der Waals surface area contributed by atoms with Crippen molar-refractivity contribution in [2.75, 3.05) is 39.5 Å². The maximum absolute atomic E-state index is 12.7. The SMILES string of the molecule is Cc1cccc(C(=O)Cl)c1C.Cc1cccc(C(=O)NCC2(c3ccc(Cl)cc3)CCOCC2)c1C.NCC1(c2ccc(Cl)cc2)CCOCC1. The van der Waals surface area contributed by atoms with Gasteiger partial charge in [0.15, 0.2) is 0 Å². The highest BCUT2D eigenvalue weighted by atomic mass is 35.5. The second-order valence-corrected chi connectivity index (χ2v) is 14.7. The minimum Gasteiger partial charge on any atom is -0.381 e. The van der Waals surface area contributed by atoms with E-state index < -0.39 is 0 Å². The lowest BCUT2D eigenvalue weighted by molar-refractivity contribution is 0.0487. The van der Waals surface area contributed by atoms with Crippen molar-refractivity contribution in [1.82, 2.24) is 5.32 Å². The number of hydrogen-bond acceptors (Lipinski definition) is 5. The number of ether oxygens (including phenoxy) is 2. The van der Waals surface area contributed by atoms with Crippen molar-refractivity contribution in [2.45, 2.75) is 64.2 Å². The molecule has 0 aliphatic carbocycles. The standard InChI is InChI=1S/C21H24ClNO2.C12H16ClNO.C9H9ClO/c1-15-4-3-5-19(16(15)2)20(24)23-14-21(10-12-25-13-11-21)17-6-8-18(22)9-7-17;13-11-3-1-10(2-4-11)12(9-14)5-7-15-8-6-12;1-6-4-3-5-8(7(6)2)9(10)11/h3-9H,10-14H2,1-2H3,(H,23,24);1-4H,5-9,14H2;3-5H,1-2H3. The van der Waals surface area contributed by atoms with Gasteiger partial charge >= 0.3 is 0 Å². The molecule has 0 aromatic heterocycles. The van der Waals surface area contributed by atoms with Crippen molar-refractivity contribution in [3.05, 3.63) is 139 Å². The molecule has 272 valence electrons. The van der Waals surface area contributed by atoms with Crippen molar-refractivity contribution >= 4 is 46.0 Å². The van der Waals surface area contributed by atoms with Gasteiger partial charge in [-0.2, -0.15) is 0 Å². The molecule has 2 aliphatic heterocycles. The van der Waals surface area contributed by atoms with Gasteiger partial charge in [0.1, 0.15) is 0 Å². The summed E-state index contributed by atoms with van der Waals surface area (Å²) in [5.74, 6) is -0.0129. The first kappa shape index (κ1) is 40.5.